The standard InChI is InChI=1S/C18H22ClN3OS/c1-11(21-16(23)10-20-9-13-3-4-13)18-22-17(12(2)24-18)14-5-7-15(19)8-6-14/h5-8,11,13,20H,3-4,9-10H2,1-2H3,(H,21,23). The number of hydrogen-bond donors (Lipinski definition) is 2. The molecule has 1 saturated carbocycles. The summed E-state index contributed by atoms with van der Waals surface area (Å²) in [6.45, 7) is 5.34. The molecule has 1 aliphatic rings. The zero-order valence-corrected chi connectivity index (χ0v) is 15.5. The third kappa shape index (κ3) is 4.56. The molecule has 1 aromatic heterocycles. The molecule has 6 heteroatoms. The summed E-state index contributed by atoms with van der Waals surface area (Å²) < 4.78 is 0. The minimum absolute atomic E-state index is 0.0176. The van der Waals surface area contributed by atoms with Crippen molar-refractivity contribution in [1.29, 1.82) is 0 Å². The smallest absolute Gasteiger partial charge is 0.234 e. The van der Waals surface area contributed by atoms with Gasteiger partial charge < -0.3 is 10.6 Å². The molecule has 1 heterocycles. The summed E-state index contributed by atoms with van der Waals surface area (Å²) in [7, 11) is 0. The molecule has 1 unspecified atom stereocenters. The fourth-order valence-corrected chi connectivity index (χ4v) is 3.62. The second kappa shape index (κ2) is 7.64. The number of aryl methyl sites for hydroxylation is 1. The van der Waals surface area contributed by atoms with Crippen molar-refractivity contribution < 1.29 is 4.79 Å². The number of nitrogens with zero attached hydrogens (tertiary/aromatic N) is 1. The first kappa shape index (κ1) is 17.4. The minimum Gasteiger partial charge on any atom is -0.346 e. The predicted molar refractivity (Wildman–Crippen MR) is 99.4 cm³/mol. The van der Waals surface area contributed by atoms with Crippen LogP contribution in [0.15, 0.2) is 24.3 Å². The van der Waals surface area contributed by atoms with E-state index in [2.05, 4.69) is 17.6 Å². The number of rotatable bonds is 7. The van der Waals surface area contributed by atoms with E-state index < -0.39 is 0 Å². The zero-order valence-electron chi connectivity index (χ0n) is 13.9. The number of amides is 1. The normalized spacial score (nSPS) is 15.3. The molecule has 2 aromatic rings. The Balaban J connectivity index is 1.60. The van der Waals surface area contributed by atoms with E-state index in [1.807, 2.05) is 31.2 Å². The van der Waals surface area contributed by atoms with E-state index in [9.17, 15) is 4.79 Å². The maximum atomic E-state index is 12.0. The van der Waals surface area contributed by atoms with Crippen LogP contribution in [0.2, 0.25) is 5.02 Å². The largest absolute Gasteiger partial charge is 0.346 e. The Morgan fingerprint density at radius 3 is 2.75 bits per heavy atom. The van der Waals surface area contributed by atoms with Crippen molar-refractivity contribution in [1.82, 2.24) is 15.6 Å². The van der Waals surface area contributed by atoms with Gasteiger partial charge in [-0.1, -0.05) is 23.7 Å². The highest BCUT2D eigenvalue weighted by Crippen LogP contribution is 2.31. The van der Waals surface area contributed by atoms with E-state index in [1.54, 1.807) is 11.3 Å². The van der Waals surface area contributed by atoms with Crippen molar-refractivity contribution >= 4 is 28.8 Å². The summed E-state index contributed by atoms with van der Waals surface area (Å²) in [6, 6.07) is 7.58. The van der Waals surface area contributed by atoms with Gasteiger partial charge in [0.15, 0.2) is 0 Å². The highest BCUT2D eigenvalue weighted by Gasteiger charge is 2.21. The fraction of sp³-hybridized carbons (Fsp3) is 0.444. The number of halogens is 1. The minimum atomic E-state index is -0.0926. The summed E-state index contributed by atoms with van der Waals surface area (Å²) in [4.78, 5) is 17.9. The topological polar surface area (TPSA) is 54.0 Å². The Bertz CT molecular complexity index is 710. The molecule has 3 rings (SSSR count). The lowest BCUT2D eigenvalue weighted by Gasteiger charge is -2.11. The Labute approximate surface area is 151 Å². The fourth-order valence-electron chi connectivity index (χ4n) is 2.54. The molecule has 0 aliphatic heterocycles. The summed E-state index contributed by atoms with van der Waals surface area (Å²) in [6.07, 6.45) is 2.58. The summed E-state index contributed by atoms with van der Waals surface area (Å²) >= 11 is 7.57. The number of carbonyl (C=O) groups excluding carboxylic acids is 1. The Hall–Kier alpha value is -1.43. The van der Waals surface area contributed by atoms with E-state index >= 15 is 0 Å². The number of nitrogens with one attached hydrogen (secondary N) is 2. The first-order valence-corrected chi connectivity index (χ1v) is 9.45. The van der Waals surface area contributed by atoms with Crippen LogP contribution < -0.4 is 10.6 Å². The van der Waals surface area contributed by atoms with E-state index in [4.69, 9.17) is 16.6 Å². The summed E-state index contributed by atoms with van der Waals surface area (Å²) in [5, 5.41) is 7.87. The van der Waals surface area contributed by atoms with E-state index in [0.717, 1.165) is 33.6 Å². The third-order valence-electron chi connectivity index (χ3n) is 4.09. The summed E-state index contributed by atoms with van der Waals surface area (Å²) in [5.41, 5.74) is 2.00. The molecule has 1 amide bonds. The molecule has 1 aromatic carbocycles. The first-order valence-electron chi connectivity index (χ1n) is 8.26. The Morgan fingerprint density at radius 1 is 1.38 bits per heavy atom. The average molecular weight is 364 g/mol. The predicted octanol–water partition coefficient (Wildman–Crippen LogP) is 3.95. The molecule has 0 bridgehead atoms. The maximum Gasteiger partial charge on any atom is 0.234 e. The van der Waals surface area contributed by atoms with Crippen LogP contribution in [-0.4, -0.2) is 24.0 Å². The molecule has 1 fully saturated rings. The number of carbonyl (C=O) groups is 1. The van der Waals surface area contributed by atoms with Gasteiger partial charge in [0.05, 0.1) is 18.3 Å². The van der Waals surface area contributed by atoms with Gasteiger partial charge in [-0.2, -0.15) is 0 Å². The van der Waals surface area contributed by atoms with E-state index in [1.165, 1.54) is 12.8 Å². The molecule has 128 valence electrons. The lowest BCUT2D eigenvalue weighted by Crippen LogP contribution is -2.36. The summed E-state index contributed by atoms with van der Waals surface area (Å²) in [5.74, 6) is 0.794. The molecular weight excluding hydrogens is 342 g/mol. The van der Waals surface area contributed by atoms with Crippen molar-refractivity contribution in [3.8, 4) is 11.3 Å². The van der Waals surface area contributed by atoms with Gasteiger partial charge >= 0.3 is 0 Å². The molecule has 4 nitrogen and oxygen atoms in total. The van der Waals surface area contributed by atoms with Crippen molar-refractivity contribution in [2.45, 2.75) is 32.7 Å². The average Bonchev–Trinajstić information content (AvgIpc) is 3.28. The van der Waals surface area contributed by atoms with Gasteiger partial charge in [0.25, 0.3) is 0 Å². The first-order chi connectivity index (χ1) is 11.5. The Morgan fingerprint density at radius 2 is 2.08 bits per heavy atom. The highest BCUT2D eigenvalue weighted by molar-refractivity contribution is 7.12. The monoisotopic (exact) mass is 363 g/mol. The molecule has 1 atom stereocenters. The van der Waals surface area contributed by atoms with Crippen LogP contribution in [-0.2, 0) is 4.79 Å². The Kier molecular flexibility index (Phi) is 5.54. The third-order valence-corrected chi connectivity index (χ3v) is 5.50. The van der Waals surface area contributed by atoms with Crippen LogP contribution in [0.3, 0.4) is 0 Å². The van der Waals surface area contributed by atoms with Crippen LogP contribution in [0.5, 0.6) is 0 Å². The second-order valence-electron chi connectivity index (χ2n) is 6.33. The molecule has 24 heavy (non-hydrogen) atoms. The number of benzene rings is 1. The van der Waals surface area contributed by atoms with Gasteiger partial charge in [-0.3, -0.25) is 4.79 Å². The van der Waals surface area contributed by atoms with Crippen molar-refractivity contribution in [3.05, 3.63) is 39.2 Å². The van der Waals surface area contributed by atoms with Crippen LogP contribution in [0.1, 0.15) is 35.7 Å². The molecular formula is C18H22ClN3OS. The molecule has 0 radical (unpaired) electrons. The molecule has 0 saturated heterocycles. The van der Waals surface area contributed by atoms with Gasteiger partial charge in [-0.15, -0.1) is 11.3 Å². The van der Waals surface area contributed by atoms with Gasteiger partial charge in [0.1, 0.15) is 5.01 Å². The lowest BCUT2D eigenvalue weighted by atomic mass is 10.1. The van der Waals surface area contributed by atoms with Gasteiger partial charge in [0, 0.05) is 15.5 Å². The maximum absolute atomic E-state index is 12.0. The van der Waals surface area contributed by atoms with Gasteiger partial charge in [0.2, 0.25) is 5.91 Å². The lowest BCUT2D eigenvalue weighted by molar-refractivity contribution is -0.120. The number of hydrogen-bond acceptors (Lipinski definition) is 4. The van der Waals surface area contributed by atoms with Crippen LogP contribution in [0.4, 0.5) is 0 Å². The molecule has 2 N–H and O–H groups in total. The SMILES string of the molecule is Cc1sc(C(C)NC(=O)CNCC2CC2)nc1-c1ccc(Cl)cc1. The molecule has 0 spiro atoms. The van der Waals surface area contributed by atoms with E-state index in [-0.39, 0.29) is 11.9 Å². The van der Waals surface area contributed by atoms with Crippen LogP contribution >= 0.6 is 22.9 Å². The van der Waals surface area contributed by atoms with Crippen molar-refractivity contribution in [3.63, 3.8) is 0 Å². The van der Waals surface area contributed by atoms with E-state index in [0.29, 0.717) is 11.6 Å². The van der Waals surface area contributed by atoms with Gasteiger partial charge in [-0.25, -0.2) is 4.98 Å². The highest BCUT2D eigenvalue weighted by atomic mass is 35.5. The second-order valence-corrected chi connectivity index (χ2v) is 8.00. The zero-order chi connectivity index (χ0) is 17.1. The van der Waals surface area contributed by atoms with Crippen molar-refractivity contribution in [2.75, 3.05) is 13.1 Å². The van der Waals surface area contributed by atoms with Gasteiger partial charge in [-0.05, 0) is 51.3 Å². The van der Waals surface area contributed by atoms with Crippen LogP contribution in [0.25, 0.3) is 11.3 Å². The van der Waals surface area contributed by atoms with Crippen LogP contribution in [0, 0.1) is 12.8 Å². The molecule has 1 aliphatic carbocycles. The quantitative estimate of drug-likeness (QED) is 0.783. The van der Waals surface area contributed by atoms with Crippen molar-refractivity contribution in [2.24, 2.45) is 5.92 Å². The number of thiazole rings is 1. The number of aromatic nitrogens is 1.